The first-order valence-electron chi connectivity index (χ1n) is 17.0. The topological polar surface area (TPSA) is 89.7 Å². The zero-order chi connectivity index (χ0) is 33.0. The molecule has 0 radical (unpaired) electrons. The fourth-order valence-electron chi connectivity index (χ4n) is 7.89. The van der Waals surface area contributed by atoms with Gasteiger partial charge in [-0.05, 0) is 72.5 Å². The highest BCUT2D eigenvalue weighted by Crippen LogP contribution is 2.46. The van der Waals surface area contributed by atoms with Crippen molar-refractivity contribution < 1.29 is 19.4 Å². The molecule has 0 spiro atoms. The molecule has 248 valence electrons. The number of hydrogen-bond donors (Lipinski definition) is 1. The van der Waals surface area contributed by atoms with Crippen LogP contribution in [0.15, 0.2) is 85.1 Å². The van der Waals surface area contributed by atoms with E-state index in [1.54, 1.807) is 7.11 Å². The quantitative estimate of drug-likeness (QED) is 0.180. The molecule has 3 aromatic carbocycles. The molecule has 4 aromatic rings. The molecule has 6 rings (SSSR count). The van der Waals surface area contributed by atoms with Gasteiger partial charge in [-0.3, -0.25) is 9.48 Å². The van der Waals surface area contributed by atoms with Crippen LogP contribution in [0.5, 0.6) is 5.75 Å². The fourth-order valence-corrected chi connectivity index (χ4v) is 12.0. The molecular weight excluding hydrogens is 605 g/mol. The van der Waals surface area contributed by atoms with Crippen LogP contribution in [0.25, 0.3) is 0 Å². The van der Waals surface area contributed by atoms with E-state index in [4.69, 9.17) is 9.47 Å². The summed E-state index contributed by atoms with van der Waals surface area (Å²) in [6.07, 6.45) is 6.53. The maximum Gasteiger partial charge on any atom is 0.227 e. The Labute approximate surface area is 279 Å². The summed E-state index contributed by atoms with van der Waals surface area (Å²) in [6, 6.07) is 27.2. The van der Waals surface area contributed by atoms with E-state index in [0.29, 0.717) is 24.4 Å². The molecule has 0 bridgehead atoms. The third kappa shape index (κ3) is 7.22. The minimum atomic E-state index is -1.98. The minimum absolute atomic E-state index is 0.0174. The molecule has 5 atom stereocenters. The smallest absolute Gasteiger partial charge is 0.227 e. The Morgan fingerprint density at radius 3 is 2.40 bits per heavy atom. The number of aliphatic hydroxyl groups excluding tert-OH is 1. The number of hydrogen-bond acceptors (Lipinski definition) is 6. The van der Waals surface area contributed by atoms with Gasteiger partial charge < -0.3 is 19.5 Å². The van der Waals surface area contributed by atoms with Crippen LogP contribution in [0, 0.1) is 5.92 Å². The number of carbonyl (C=O) groups is 1. The molecule has 2 aliphatic heterocycles. The molecule has 1 N–H and O–H groups in total. The number of benzene rings is 3. The fraction of sp³-hybridized carbons (Fsp3) is 0.447. The first-order chi connectivity index (χ1) is 22.8. The molecular formula is C38H48N4O4Si. The average Bonchev–Trinajstić information content (AvgIpc) is 3.83. The van der Waals surface area contributed by atoms with Gasteiger partial charge in [0.25, 0.3) is 0 Å². The third-order valence-electron chi connectivity index (χ3n) is 10.5. The van der Waals surface area contributed by atoms with E-state index in [0.717, 1.165) is 54.9 Å². The van der Waals surface area contributed by atoms with Crippen LogP contribution in [-0.2, 0) is 22.5 Å². The highest BCUT2D eigenvalue weighted by atomic mass is 28.3. The van der Waals surface area contributed by atoms with Crippen molar-refractivity contribution in [1.82, 2.24) is 15.0 Å². The molecule has 2 saturated heterocycles. The van der Waals surface area contributed by atoms with Gasteiger partial charge in [-0.15, -0.1) is 5.10 Å². The molecule has 3 heterocycles. The Morgan fingerprint density at radius 2 is 1.74 bits per heavy atom. The Kier molecular flexibility index (Phi) is 10.2. The molecule has 0 aliphatic carbocycles. The highest BCUT2D eigenvalue weighted by molar-refractivity contribution is 6.91. The number of methoxy groups -OCH3 is 1. The van der Waals surface area contributed by atoms with E-state index in [1.165, 1.54) is 10.8 Å². The van der Waals surface area contributed by atoms with Crippen molar-refractivity contribution in [1.29, 1.82) is 0 Å². The molecule has 2 aliphatic rings. The number of anilines is 1. The number of aromatic nitrogens is 3. The molecule has 2 fully saturated rings. The largest absolute Gasteiger partial charge is 0.497 e. The first-order valence-corrected chi connectivity index (χ1v) is 20.1. The van der Waals surface area contributed by atoms with E-state index in [1.807, 2.05) is 46.1 Å². The second kappa shape index (κ2) is 14.5. The van der Waals surface area contributed by atoms with Crippen LogP contribution < -0.4 is 14.8 Å². The SMILES string of the molecule is COc1ccc([Si](C)(C)[C@H]2[C@H](C)[C@H](CCc3ccc(N4CCCC4=O)cc3)O[C@@H]2CCn2cc(C(CO)c3ccccc3)nn2)cc1. The summed E-state index contributed by atoms with van der Waals surface area (Å²) in [5.41, 5.74) is 4.50. The number of rotatable bonds is 13. The van der Waals surface area contributed by atoms with Crippen molar-refractivity contribution in [2.45, 2.75) is 82.3 Å². The van der Waals surface area contributed by atoms with E-state index in [9.17, 15) is 9.90 Å². The normalized spacial score (nSPS) is 22.1. The Bertz CT molecular complexity index is 1610. The third-order valence-corrected chi connectivity index (χ3v) is 14.9. The van der Waals surface area contributed by atoms with Gasteiger partial charge in [-0.25, -0.2) is 0 Å². The number of carbonyl (C=O) groups excluding carboxylic acids is 1. The molecule has 47 heavy (non-hydrogen) atoms. The molecule has 1 unspecified atom stereocenters. The Morgan fingerprint density at radius 1 is 1.00 bits per heavy atom. The van der Waals surface area contributed by atoms with Crippen LogP contribution in [0.3, 0.4) is 0 Å². The number of amides is 1. The monoisotopic (exact) mass is 652 g/mol. The lowest BCUT2D eigenvalue weighted by Crippen LogP contribution is -2.50. The lowest BCUT2D eigenvalue weighted by molar-refractivity contribution is -0.117. The number of ether oxygens (including phenoxy) is 2. The number of nitrogens with zero attached hydrogens (tertiary/aromatic N) is 4. The van der Waals surface area contributed by atoms with Crippen LogP contribution in [-0.4, -0.2) is 66.6 Å². The van der Waals surface area contributed by atoms with Crippen LogP contribution >= 0.6 is 0 Å². The van der Waals surface area contributed by atoms with Crippen LogP contribution in [0.1, 0.15) is 55.3 Å². The van der Waals surface area contributed by atoms with Crippen molar-refractivity contribution in [3.05, 3.63) is 102 Å². The summed E-state index contributed by atoms with van der Waals surface area (Å²) in [4.78, 5) is 14.1. The second-order valence-electron chi connectivity index (χ2n) is 13.7. The molecule has 1 aromatic heterocycles. The van der Waals surface area contributed by atoms with E-state index in [-0.39, 0.29) is 30.6 Å². The summed E-state index contributed by atoms with van der Waals surface area (Å²) in [5.74, 6) is 1.30. The average molecular weight is 653 g/mol. The zero-order valence-electron chi connectivity index (χ0n) is 28.1. The number of aryl methyl sites for hydroxylation is 2. The van der Waals surface area contributed by atoms with Gasteiger partial charge in [0.05, 0.1) is 45.6 Å². The summed E-state index contributed by atoms with van der Waals surface area (Å²) in [6.45, 7) is 8.84. The van der Waals surface area contributed by atoms with Crippen molar-refractivity contribution in [2.24, 2.45) is 5.92 Å². The van der Waals surface area contributed by atoms with Crippen molar-refractivity contribution in [3.63, 3.8) is 0 Å². The standard InChI is InChI=1S/C38H48N4O4Si/c1-27-35(21-14-28-12-15-30(16-13-28)42-23-8-11-37(42)44)46-36(38(27)47(3,4)32-19-17-31(45-2)18-20-32)22-24-41-25-34(39-40-41)33(26-43)29-9-6-5-7-10-29/h5-7,9-10,12-13,15-20,25,27,33,35-36,38,43H,8,11,14,21-24,26H2,1-4H3/t27-,33?,35+,36-,38+/m1/s1. The van der Waals surface area contributed by atoms with E-state index < -0.39 is 8.07 Å². The van der Waals surface area contributed by atoms with Gasteiger partial charge in [0.15, 0.2) is 0 Å². The van der Waals surface area contributed by atoms with Gasteiger partial charge in [-0.1, -0.05) is 85.0 Å². The molecule has 1 amide bonds. The van der Waals surface area contributed by atoms with Crippen LogP contribution in [0.2, 0.25) is 18.6 Å². The van der Waals surface area contributed by atoms with E-state index >= 15 is 0 Å². The van der Waals surface area contributed by atoms with Gasteiger partial charge in [0.1, 0.15) is 5.75 Å². The van der Waals surface area contributed by atoms with Gasteiger partial charge in [-0.2, -0.15) is 0 Å². The predicted molar refractivity (Wildman–Crippen MR) is 188 cm³/mol. The molecule has 8 nitrogen and oxygen atoms in total. The summed E-state index contributed by atoms with van der Waals surface area (Å²) < 4.78 is 14.4. The lowest BCUT2D eigenvalue weighted by Gasteiger charge is -2.36. The predicted octanol–water partition coefficient (Wildman–Crippen LogP) is 5.95. The lowest BCUT2D eigenvalue weighted by atomic mass is 9.95. The summed E-state index contributed by atoms with van der Waals surface area (Å²) in [5, 5.41) is 20.5. The maximum absolute atomic E-state index is 12.2. The van der Waals surface area contributed by atoms with Crippen molar-refractivity contribution in [2.75, 3.05) is 25.2 Å². The second-order valence-corrected chi connectivity index (χ2v) is 18.4. The maximum atomic E-state index is 12.2. The van der Waals surface area contributed by atoms with Gasteiger partial charge in [0.2, 0.25) is 5.91 Å². The van der Waals surface area contributed by atoms with Gasteiger partial charge >= 0.3 is 0 Å². The van der Waals surface area contributed by atoms with Gasteiger partial charge in [0, 0.05) is 31.4 Å². The summed E-state index contributed by atoms with van der Waals surface area (Å²) in [7, 11) is -0.274. The highest BCUT2D eigenvalue weighted by Gasteiger charge is 2.50. The van der Waals surface area contributed by atoms with Crippen LogP contribution in [0.4, 0.5) is 5.69 Å². The van der Waals surface area contributed by atoms with Crippen molar-refractivity contribution in [3.8, 4) is 5.75 Å². The summed E-state index contributed by atoms with van der Waals surface area (Å²) >= 11 is 0. The van der Waals surface area contributed by atoms with Crippen molar-refractivity contribution >= 4 is 24.9 Å². The zero-order valence-corrected chi connectivity index (χ0v) is 29.1. The molecule has 9 heteroatoms. The Balaban J connectivity index is 1.17. The minimum Gasteiger partial charge on any atom is -0.497 e. The molecule has 0 saturated carbocycles. The first kappa shape index (κ1) is 33.1. The Hall–Kier alpha value is -3.79. The van der Waals surface area contributed by atoms with E-state index in [2.05, 4.69) is 78.9 Å². The number of aliphatic hydroxyl groups is 1.